The number of fused-ring (bicyclic) bond motifs is 1. The molecule has 0 bridgehead atoms. The molecule has 2 amide bonds. The summed E-state index contributed by atoms with van der Waals surface area (Å²) in [6.07, 6.45) is -0.297. The lowest BCUT2D eigenvalue weighted by molar-refractivity contribution is 0.0105. The molecule has 1 heterocycles. The van der Waals surface area contributed by atoms with E-state index in [1.165, 1.54) is 0 Å². The van der Waals surface area contributed by atoms with Crippen molar-refractivity contribution in [3.05, 3.63) is 75.8 Å². The zero-order valence-electron chi connectivity index (χ0n) is 20.8. The molecule has 7 heteroatoms. The molecule has 35 heavy (non-hydrogen) atoms. The van der Waals surface area contributed by atoms with Crippen molar-refractivity contribution in [2.45, 2.75) is 52.3 Å². The van der Waals surface area contributed by atoms with E-state index in [0.717, 1.165) is 32.1 Å². The van der Waals surface area contributed by atoms with Gasteiger partial charge in [0.1, 0.15) is 5.60 Å². The summed E-state index contributed by atoms with van der Waals surface area (Å²) in [5.41, 5.74) is 2.96. The van der Waals surface area contributed by atoms with E-state index in [4.69, 9.17) is 4.74 Å². The van der Waals surface area contributed by atoms with Gasteiger partial charge in [0, 0.05) is 28.8 Å². The van der Waals surface area contributed by atoms with Crippen LogP contribution in [0.15, 0.2) is 59.1 Å². The molecule has 1 saturated heterocycles. The van der Waals surface area contributed by atoms with Gasteiger partial charge >= 0.3 is 6.09 Å². The van der Waals surface area contributed by atoms with Crippen LogP contribution < -0.4 is 10.6 Å². The lowest BCUT2D eigenvalue weighted by Gasteiger charge is -2.40. The van der Waals surface area contributed by atoms with Gasteiger partial charge in [-0.05, 0) is 74.7 Å². The molecule has 1 fully saturated rings. The monoisotopic (exact) mass is 537 g/mol. The third kappa shape index (κ3) is 5.78. The Balaban J connectivity index is 1.42. The molecule has 3 aromatic rings. The van der Waals surface area contributed by atoms with Gasteiger partial charge in [0.15, 0.2) is 0 Å². The topological polar surface area (TPSA) is 70.7 Å². The van der Waals surface area contributed by atoms with Crippen molar-refractivity contribution >= 4 is 44.4 Å². The van der Waals surface area contributed by atoms with Crippen LogP contribution in [-0.2, 0) is 4.74 Å². The minimum Gasteiger partial charge on any atom is -0.444 e. The van der Waals surface area contributed by atoms with Crippen molar-refractivity contribution < 1.29 is 14.3 Å². The summed E-state index contributed by atoms with van der Waals surface area (Å²) in [7, 11) is 0. The highest BCUT2D eigenvalue weighted by Crippen LogP contribution is 2.30. The van der Waals surface area contributed by atoms with Gasteiger partial charge in [0.2, 0.25) is 0 Å². The van der Waals surface area contributed by atoms with Crippen LogP contribution in [0.5, 0.6) is 0 Å². The Kier molecular flexibility index (Phi) is 7.08. The fourth-order valence-electron chi connectivity index (χ4n) is 4.25. The van der Waals surface area contributed by atoms with E-state index in [-0.39, 0.29) is 24.1 Å². The average molecular weight is 538 g/mol. The summed E-state index contributed by atoms with van der Waals surface area (Å²) in [5.74, 6) is -0.116. The Morgan fingerprint density at radius 1 is 1.06 bits per heavy atom. The number of nitrogens with zero attached hydrogens (tertiary/aromatic N) is 1. The Morgan fingerprint density at radius 2 is 1.74 bits per heavy atom. The molecule has 1 aliphatic rings. The van der Waals surface area contributed by atoms with Crippen LogP contribution in [0.3, 0.4) is 0 Å². The number of anilines is 1. The number of aryl methyl sites for hydroxylation is 1. The molecule has 1 unspecified atom stereocenters. The highest BCUT2D eigenvalue weighted by atomic mass is 79.9. The summed E-state index contributed by atoms with van der Waals surface area (Å²) < 4.78 is 6.45. The number of ether oxygens (including phenoxy) is 1. The number of hydrogen-bond donors (Lipinski definition) is 2. The first kappa shape index (κ1) is 25.0. The van der Waals surface area contributed by atoms with E-state index in [9.17, 15) is 9.59 Å². The van der Waals surface area contributed by atoms with Gasteiger partial charge < -0.3 is 20.3 Å². The van der Waals surface area contributed by atoms with Crippen LogP contribution in [0, 0.1) is 6.92 Å². The standard InChI is InChI=1S/C28H32BrN3O3/c1-17-10-11-19(31-20-15-32(16-20)27(34)35-28(3,4)5)14-24(17)26(33)30-18(2)21-12-13-25(29)23-9-7-6-8-22(21)23/h6-14,18,20,31H,15-16H2,1-5H3,(H,30,33). The lowest BCUT2D eigenvalue weighted by Crippen LogP contribution is -2.57. The minimum atomic E-state index is -0.505. The van der Waals surface area contributed by atoms with Crippen LogP contribution in [-0.4, -0.2) is 41.6 Å². The molecule has 6 nitrogen and oxygen atoms in total. The molecule has 0 aromatic heterocycles. The molecule has 4 rings (SSSR count). The number of benzene rings is 3. The van der Waals surface area contributed by atoms with Crippen molar-refractivity contribution in [3.8, 4) is 0 Å². The number of hydrogen-bond acceptors (Lipinski definition) is 4. The third-order valence-corrected chi connectivity index (χ3v) is 6.80. The van der Waals surface area contributed by atoms with Crippen LogP contribution in [0.2, 0.25) is 0 Å². The maximum Gasteiger partial charge on any atom is 0.410 e. The van der Waals surface area contributed by atoms with E-state index in [1.54, 1.807) is 4.90 Å². The molecule has 0 aliphatic carbocycles. The van der Waals surface area contributed by atoms with Crippen LogP contribution in [0.25, 0.3) is 10.8 Å². The van der Waals surface area contributed by atoms with Crippen LogP contribution in [0.4, 0.5) is 10.5 Å². The molecular weight excluding hydrogens is 506 g/mol. The normalized spacial score (nSPS) is 14.9. The summed E-state index contributed by atoms with van der Waals surface area (Å²) in [6, 6.07) is 18.0. The Morgan fingerprint density at radius 3 is 2.43 bits per heavy atom. The zero-order chi connectivity index (χ0) is 25.3. The summed E-state index contributed by atoms with van der Waals surface area (Å²) in [4.78, 5) is 27.1. The minimum absolute atomic E-state index is 0.116. The predicted octanol–water partition coefficient (Wildman–Crippen LogP) is 6.43. The number of likely N-dealkylation sites (tertiary alicyclic amines) is 1. The van der Waals surface area contributed by atoms with Crippen LogP contribution in [0.1, 0.15) is 55.2 Å². The molecule has 0 saturated carbocycles. The number of nitrogens with one attached hydrogen (secondary N) is 2. The number of carbonyl (C=O) groups excluding carboxylic acids is 2. The molecule has 1 aliphatic heterocycles. The summed E-state index contributed by atoms with van der Waals surface area (Å²) in [5, 5.41) is 8.83. The maximum atomic E-state index is 13.2. The van der Waals surface area contributed by atoms with Crippen molar-refractivity contribution in [2.24, 2.45) is 0 Å². The number of rotatable bonds is 5. The first-order valence-electron chi connectivity index (χ1n) is 11.8. The molecule has 184 valence electrons. The van der Waals surface area contributed by atoms with E-state index in [1.807, 2.05) is 71.0 Å². The third-order valence-electron chi connectivity index (χ3n) is 6.10. The maximum absolute atomic E-state index is 13.2. The first-order chi connectivity index (χ1) is 16.5. The summed E-state index contributed by atoms with van der Waals surface area (Å²) >= 11 is 3.62. The van der Waals surface area contributed by atoms with Crippen molar-refractivity contribution in [1.29, 1.82) is 0 Å². The fourth-order valence-corrected chi connectivity index (χ4v) is 4.73. The Bertz CT molecular complexity index is 1260. The van der Waals surface area contributed by atoms with Gasteiger partial charge in [-0.15, -0.1) is 0 Å². The van der Waals surface area contributed by atoms with Crippen molar-refractivity contribution in [3.63, 3.8) is 0 Å². The zero-order valence-corrected chi connectivity index (χ0v) is 22.4. The van der Waals surface area contributed by atoms with Gasteiger partial charge in [-0.2, -0.15) is 0 Å². The lowest BCUT2D eigenvalue weighted by atomic mass is 9.99. The second-order valence-electron chi connectivity index (χ2n) is 10.1. The van der Waals surface area contributed by atoms with Crippen LogP contribution >= 0.6 is 15.9 Å². The highest BCUT2D eigenvalue weighted by Gasteiger charge is 2.33. The summed E-state index contributed by atoms with van der Waals surface area (Å²) in [6.45, 7) is 10.7. The van der Waals surface area contributed by atoms with E-state index < -0.39 is 5.60 Å². The predicted molar refractivity (Wildman–Crippen MR) is 144 cm³/mol. The first-order valence-corrected chi connectivity index (χ1v) is 12.6. The molecule has 0 spiro atoms. The Hall–Kier alpha value is -3.06. The van der Waals surface area contributed by atoms with Gasteiger partial charge in [-0.3, -0.25) is 4.79 Å². The van der Waals surface area contributed by atoms with E-state index >= 15 is 0 Å². The fraction of sp³-hybridized carbons (Fsp3) is 0.357. The molecular formula is C28H32BrN3O3. The number of carbonyl (C=O) groups is 2. The quantitative estimate of drug-likeness (QED) is 0.393. The Labute approximate surface area is 215 Å². The van der Waals surface area contributed by atoms with Crippen molar-refractivity contribution in [2.75, 3.05) is 18.4 Å². The SMILES string of the molecule is Cc1ccc(NC2CN(C(=O)OC(C)(C)C)C2)cc1C(=O)NC(C)c1ccc(Br)c2ccccc12. The number of halogens is 1. The van der Waals surface area contributed by atoms with Gasteiger partial charge in [0.05, 0.1) is 12.1 Å². The van der Waals surface area contributed by atoms with E-state index in [2.05, 4.69) is 44.8 Å². The van der Waals surface area contributed by atoms with E-state index in [0.29, 0.717) is 18.7 Å². The van der Waals surface area contributed by atoms with Gasteiger partial charge in [-0.1, -0.05) is 52.3 Å². The highest BCUT2D eigenvalue weighted by molar-refractivity contribution is 9.10. The van der Waals surface area contributed by atoms with Crippen molar-refractivity contribution in [1.82, 2.24) is 10.2 Å². The molecule has 3 aromatic carbocycles. The molecule has 2 N–H and O–H groups in total. The van der Waals surface area contributed by atoms with Gasteiger partial charge in [-0.25, -0.2) is 4.79 Å². The second-order valence-corrected chi connectivity index (χ2v) is 11.0. The van der Waals surface area contributed by atoms with Gasteiger partial charge in [0.25, 0.3) is 5.91 Å². The smallest absolute Gasteiger partial charge is 0.410 e. The molecule has 0 radical (unpaired) electrons. The largest absolute Gasteiger partial charge is 0.444 e. The molecule has 1 atom stereocenters. The number of amides is 2. The second kappa shape index (κ2) is 9.90. The average Bonchev–Trinajstić information content (AvgIpc) is 2.76.